The topological polar surface area (TPSA) is 14.1 Å². The number of allylic oxidation sites excluding steroid dienone is 2. The summed E-state index contributed by atoms with van der Waals surface area (Å²) in [5.41, 5.74) is 1.20. The molecule has 0 bridgehead atoms. The Balaban J connectivity index is 2.67. The van der Waals surface area contributed by atoms with Crippen molar-refractivity contribution in [3.8, 4) is 0 Å². The van der Waals surface area contributed by atoms with Gasteiger partial charge in [-0.2, -0.15) is 0 Å². The Labute approximate surface area is 56.0 Å². The summed E-state index contributed by atoms with van der Waals surface area (Å²) < 4.78 is 1.44. The minimum atomic E-state index is 0.589. The van der Waals surface area contributed by atoms with Gasteiger partial charge in [-0.15, -0.1) is 0 Å². The van der Waals surface area contributed by atoms with Crippen LogP contribution >= 0.6 is 0 Å². The summed E-state index contributed by atoms with van der Waals surface area (Å²) in [4.78, 5) is 2.13. The molecule has 1 radical (unpaired) electrons. The maximum absolute atomic E-state index is 4.13. The van der Waals surface area contributed by atoms with E-state index >= 15 is 0 Å². The van der Waals surface area contributed by atoms with E-state index < -0.39 is 0 Å². The zero-order valence-corrected chi connectivity index (χ0v) is 6.72. The molecule has 0 unspecified atom stereocenters. The fourth-order valence-electron chi connectivity index (χ4n) is 0.451. The number of rotatable bonds is 0. The second-order valence-corrected chi connectivity index (χ2v) is 4.02. The molecule has 0 fully saturated rings. The predicted octanol–water partition coefficient (Wildman–Crippen LogP) is 1.03. The summed E-state index contributed by atoms with van der Waals surface area (Å²) in [6, 6.07) is 0. The number of hydrogen-bond acceptors (Lipinski definition) is 0. The summed E-state index contributed by atoms with van der Waals surface area (Å²) in [6.45, 7) is 4.20. The number of hydrogen-bond donors (Lipinski definition) is 0. The van der Waals surface area contributed by atoms with E-state index in [4.69, 9.17) is 0 Å². The zero-order chi connectivity index (χ0) is 5.98. The molecule has 8 heavy (non-hydrogen) atoms. The Hall–Kier alpha value is -0.201. The molecule has 1 aliphatic heterocycles. The average Bonchev–Trinajstić information content (AvgIpc) is 1.77. The van der Waals surface area contributed by atoms with Gasteiger partial charge < -0.3 is 0 Å². The SMILES string of the molecule is CC1=C(C)[Se]C=C[N]1. The Morgan fingerprint density at radius 1 is 1.50 bits per heavy atom. The molecule has 43 valence electrons. The van der Waals surface area contributed by atoms with E-state index in [1.54, 1.807) is 0 Å². The zero-order valence-electron chi connectivity index (χ0n) is 5.01. The van der Waals surface area contributed by atoms with Gasteiger partial charge in [-0.3, -0.25) is 0 Å². The molecule has 1 heterocycles. The van der Waals surface area contributed by atoms with Crippen molar-refractivity contribution >= 4 is 15.0 Å². The van der Waals surface area contributed by atoms with Crippen molar-refractivity contribution in [2.24, 2.45) is 0 Å². The van der Waals surface area contributed by atoms with Crippen LogP contribution in [0.3, 0.4) is 0 Å². The van der Waals surface area contributed by atoms with Crippen molar-refractivity contribution in [1.82, 2.24) is 5.32 Å². The molecule has 0 aromatic rings. The van der Waals surface area contributed by atoms with Crippen molar-refractivity contribution < 1.29 is 0 Å². The molecule has 0 aromatic heterocycles. The van der Waals surface area contributed by atoms with Crippen molar-refractivity contribution in [2.75, 3.05) is 0 Å². The Morgan fingerprint density at radius 2 is 2.25 bits per heavy atom. The first-order valence-electron chi connectivity index (χ1n) is 2.50. The molecule has 0 N–H and O–H groups in total. The van der Waals surface area contributed by atoms with E-state index in [0.717, 1.165) is 0 Å². The average molecular weight is 173 g/mol. The molecule has 0 saturated heterocycles. The molecule has 1 rings (SSSR count). The molecule has 0 saturated carbocycles. The van der Waals surface area contributed by atoms with E-state index in [0.29, 0.717) is 15.0 Å². The second kappa shape index (κ2) is 2.38. The fraction of sp³-hybridized carbons (Fsp3) is 0.333. The second-order valence-electron chi connectivity index (χ2n) is 1.67. The third kappa shape index (κ3) is 1.15. The first kappa shape index (κ1) is 5.93. The monoisotopic (exact) mass is 174 g/mol. The van der Waals surface area contributed by atoms with Gasteiger partial charge in [-0.1, -0.05) is 0 Å². The normalized spacial score (nSPS) is 18.8. The molecule has 2 heteroatoms. The van der Waals surface area contributed by atoms with Gasteiger partial charge >= 0.3 is 55.5 Å². The van der Waals surface area contributed by atoms with Crippen LogP contribution < -0.4 is 5.32 Å². The van der Waals surface area contributed by atoms with E-state index in [2.05, 4.69) is 24.1 Å². The molecule has 1 nitrogen and oxygen atoms in total. The van der Waals surface area contributed by atoms with Crippen molar-refractivity contribution in [3.05, 3.63) is 21.3 Å². The molecule has 0 aliphatic carbocycles. The summed E-state index contributed by atoms with van der Waals surface area (Å²) in [6.07, 6.45) is 1.89. The van der Waals surface area contributed by atoms with Gasteiger partial charge in [-0.05, 0) is 0 Å². The first-order chi connectivity index (χ1) is 3.80. The standard InChI is InChI=1S/C6H8NSe/c1-5-6(2)8-4-3-7-5/h3-4H,1-2H3. The van der Waals surface area contributed by atoms with Gasteiger partial charge in [0, 0.05) is 0 Å². The summed E-state index contributed by atoms with van der Waals surface area (Å²) >= 11 is 0.589. The maximum atomic E-state index is 4.13. The van der Waals surface area contributed by atoms with Gasteiger partial charge in [0.25, 0.3) is 0 Å². The van der Waals surface area contributed by atoms with Gasteiger partial charge in [0.2, 0.25) is 0 Å². The number of nitrogens with zero attached hydrogens (tertiary/aromatic N) is 1. The third-order valence-electron chi connectivity index (χ3n) is 1.08. The molecular formula is C6H8NSe. The van der Waals surface area contributed by atoms with Crippen molar-refractivity contribution in [3.63, 3.8) is 0 Å². The van der Waals surface area contributed by atoms with Crippen LogP contribution in [0.1, 0.15) is 13.8 Å². The van der Waals surface area contributed by atoms with E-state index in [9.17, 15) is 0 Å². The van der Waals surface area contributed by atoms with Gasteiger partial charge in [-0.25, -0.2) is 0 Å². The molecular weight excluding hydrogens is 165 g/mol. The molecule has 0 spiro atoms. The van der Waals surface area contributed by atoms with Crippen molar-refractivity contribution in [2.45, 2.75) is 13.8 Å². The molecule has 0 amide bonds. The van der Waals surface area contributed by atoms with Gasteiger partial charge in [0.1, 0.15) is 0 Å². The fourth-order valence-corrected chi connectivity index (χ4v) is 1.60. The molecule has 0 atom stereocenters. The summed E-state index contributed by atoms with van der Waals surface area (Å²) in [5, 5.41) is 4.13. The molecule has 1 aliphatic rings. The van der Waals surface area contributed by atoms with Crippen LogP contribution in [0.2, 0.25) is 0 Å². The van der Waals surface area contributed by atoms with Crippen LogP contribution in [0.5, 0.6) is 0 Å². The Bertz CT molecular complexity index is 131. The van der Waals surface area contributed by atoms with Crippen LogP contribution in [0, 0.1) is 0 Å². The van der Waals surface area contributed by atoms with Crippen LogP contribution in [-0.2, 0) is 0 Å². The predicted molar refractivity (Wildman–Crippen MR) is 35.4 cm³/mol. The van der Waals surface area contributed by atoms with E-state index in [1.807, 2.05) is 6.20 Å². The van der Waals surface area contributed by atoms with Gasteiger partial charge in [0.05, 0.1) is 0 Å². The van der Waals surface area contributed by atoms with Crippen LogP contribution in [-0.4, -0.2) is 15.0 Å². The quantitative estimate of drug-likeness (QED) is 0.486. The van der Waals surface area contributed by atoms with Crippen LogP contribution in [0.25, 0.3) is 0 Å². The minimum absolute atomic E-state index is 0.589. The van der Waals surface area contributed by atoms with Crippen molar-refractivity contribution in [1.29, 1.82) is 0 Å². The third-order valence-corrected chi connectivity index (χ3v) is 2.99. The van der Waals surface area contributed by atoms with E-state index in [1.165, 1.54) is 10.2 Å². The Morgan fingerprint density at radius 3 is 2.62 bits per heavy atom. The summed E-state index contributed by atoms with van der Waals surface area (Å²) in [5.74, 6) is 0. The molecule has 0 aromatic carbocycles. The summed E-state index contributed by atoms with van der Waals surface area (Å²) in [7, 11) is 0. The first-order valence-corrected chi connectivity index (χ1v) is 4.35. The van der Waals surface area contributed by atoms with Crippen LogP contribution in [0.4, 0.5) is 0 Å². The van der Waals surface area contributed by atoms with E-state index in [-0.39, 0.29) is 0 Å². The van der Waals surface area contributed by atoms with Crippen LogP contribution in [0.15, 0.2) is 21.3 Å². The Kier molecular flexibility index (Phi) is 1.76. The van der Waals surface area contributed by atoms with Gasteiger partial charge in [0.15, 0.2) is 0 Å².